The summed E-state index contributed by atoms with van der Waals surface area (Å²) in [6.07, 6.45) is 0. The van der Waals surface area contributed by atoms with E-state index in [1.165, 1.54) is 43.8 Å². The number of hydrogen-bond donors (Lipinski definition) is 0. The van der Waals surface area contributed by atoms with Gasteiger partial charge in [0, 0.05) is 11.3 Å². The lowest BCUT2D eigenvalue weighted by Gasteiger charge is -2.24. The van der Waals surface area contributed by atoms with E-state index in [2.05, 4.69) is 93.6 Å². The van der Waals surface area contributed by atoms with E-state index in [1.807, 2.05) is 0 Å². The van der Waals surface area contributed by atoms with Gasteiger partial charge in [0.2, 0.25) is 0 Å². The van der Waals surface area contributed by atoms with Gasteiger partial charge in [-0.25, -0.2) is 0 Å². The van der Waals surface area contributed by atoms with Gasteiger partial charge < -0.3 is 0 Å². The molecular weight excluding hydrogens is 314 g/mol. The minimum absolute atomic E-state index is 0.260. The van der Waals surface area contributed by atoms with Crippen molar-refractivity contribution >= 4 is 27.3 Å². The average Bonchev–Trinajstić information content (AvgIpc) is 2.74. The molecule has 126 valence electrons. The molecule has 0 fully saturated rings. The summed E-state index contributed by atoms with van der Waals surface area (Å²) in [4.78, 5) is 5.12. The third kappa shape index (κ3) is 2.07. The van der Waals surface area contributed by atoms with Gasteiger partial charge in [0.25, 0.3) is 0 Å². The van der Waals surface area contributed by atoms with E-state index in [-0.39, 0.29) is 5.54 Å². The minimum Gasteiger partial charge on any atom is -0.279 e. The van der Waals surface area contributed by atoms with E-state index in [0.717, 1.165) is 5.71 Å². The molecule has 0 bridgehead atoms. The van der Waals surface area contributed by atoms with Crippen molar-refractivity contribution in [2.75, 3.05) is 0 Å². The molecule has 0 atom stereocenters. The lowest BCUT2D eigenvalue weighted by molar-refractivity contribution is 0.562. The molecule has 0 saturated heterocycles. The molecule has 1 aliphatic heterocycles. The Morgan fingerprint density at radius 2 is 1.23 bits per heavy atom. The number of aliphatic imine (C=N–C) groups is 1. The Labute approximate surface area is 154 Å². The molecule has 1 aliphatic rings. The van der Waals surface area contributed by atoms with Gasteiger partial charge in [0.15, 0.2) is 0 Å². The van der Waals surface area contributed by atoms with Gasteiger partial charge in [-0.2, -0.15) is 0 Å². The molecule has 4 aromatic rings. The zero-order valence-corrected chi connectivity index (χ0v) is 15.4. The SMILES string of the molecule is CC1=NC(C)(C)c2ccc3ccccc3c2-c2c1ccc1ccccc21. The summed E-state index contributed by atoms with van der Waals surface area (Å²) in [5.41, 5.74) is 6.04. The topological polar surface area (TPSA) is 12.4 Å². The smallest absolute Gasteiger partial charge is 0.0810 e. The average molecular weight is 335 g/mol. The van der Waals surface area contributed by atoms with Crippen molar-refractivity contribution in [1.82, 2.24) is 0 Å². The molecule has 4 aromatic carbocycles. The predicted molar refractivity (Wildman–Crippen MR) is 112 cm³/mol. The van der Waals surface area contributed by atoms with Crippen LogP contribution in [0.2, 0.25) is 0 Å². The summed E-state index contributed by atoms with van der Waals surface area (Å²) in [7, 11) is 0. The van der Waals surface area contributed by atoms with Crippen molar-refractivity contribution in [3.8, 4) is 11.1 Å². The standard InChI is InChI=1S/C25H21N/c1-16-19-14-12-17-8-4-6-10-20(17)23(19)24-21-11-7-5-9-18(21)13-15-22(24)25(2,3)26-16/h4-15H,1-3H3. The lowest BCUT2D eigenvalue weighted by atomic mass is 9.82. The first-order chi connectivity index (χ1) is 12.6. The first-order valence-electron chi connectivity index (χ1n) is 9.17. The normalized spacial score (nSPS) is 15.3. The van der Waals surface area contributed by atoms with Crippen LogP contribution in [-0.2, 0) is 5.54 Å². The summed E-state index contributed by atoms with van der Waals surface area (Å²) in [5, 5.41) is 5.16. The second kappa shape index (κ2) is 5.28. The van der Waals surface area contributed by atoms with Crippen LogP contribution in [0.1, 0.15) is 31.9 Å². The molecule has 1 heterocycles. The van der Waals surface area contributed by atoms with Crippen LogP contribution in [0.3, 0.4) is 0 Å². The Bertz CT molecular complexity index is 1210. The quantitative estimate of drug-likeness (QED) is 0.338. The molecule has 0 radical (unpaired) electrons. The minimum atomic E-state index is -0.260. The van der Waals surface area contributed by atoms with Crippen LogP contribution in [0.4, 0.5) is 0 Å². The number of rotatable bonds is 0. The summed E-state index contributed by atoms with van der Waals surface area (Å²) in [6, 6.07) is 26.3. The lowest BCUT2D eigenvalue weighted by Crippen LogP contribution is -2.15. The van der Waals surface area contributed by atoms with E-state index < -0.39 is 0 Å². The fourth-order valence-electron chi connectivity index (χ4n) is 4.43. The Morgan fingerprint density at radius 1 is 0.654 bits per heavy atom. The van der Waals surface area contributed by atoms with Gasteiger partial charge in [-0.3, -0.25) is 4.99 Å². The Hall–Kier alpha value is -2.93. The van der Waals surface area contributed by atoms with E-state index in [9.17, 15) is 0 Å². The summed E-state index contributed by atoms with van der Waals surface area (Å²) >= 11 is 0. The molecular formula is C25H21N. The first-order valence-corrected chi connectivity index (χ1v) is 9.17. The third-order valence-electron chi connectivity index (χ3n) is 5.60. The van der Waals surface area contributed by atoms with Crippen LogP contribution in [0, 0.1) is 0 Å². The zero-order chi connectivity index (χ0) is 17.9. The van der Waals surface area contributed by atoms with E-state index in [1.54, 1.807) is 0 Å². The largest absolute Gasteiger partial charge is 0.279 e. The molecule has 5 rings (SSSR count). The predicted octanol–water partition coefficient (Wildman–Crippen LogP) is 6.72. The van der Waals surface area contributed by atoms with Crippen LogP contribution in [0.25, 0.3) is 32.7 Å². The van der Waals surface area contributed by atoms with Crippen molar-refractivity contribution in [1.29, 1.82) is 0 Å². The molecule has 0 unspecified atom stereocenters. The van der Waals surface area contributed by atoms with Gasteiger partial charge in [-0.15, -0.1) is 0 Å². The van der Waals surface area contributed by atoms with Crippen LogP contribution in [-0.4, -0.2) is 5.71 Å². The Balaban J connectivity index is 2.08. The van der Waals surface area contributed by atoms with E-state index in [4.69, 9.17) is 4.99 Å². The number of hydrogen-bond acceptors (Lipinski definition) is 1. The van der Waals surface area contributed by atoms with Crippen molar-refractivity contribution in [2.24, 2.45) is 4.99 Å². The molecule has 26 heavy (non-hydrogen) atoms. The zero-order valence-electron chi connectivity index (χ0n) is 15.4. The van der Waals surface area contributed by atoms with Crippen LogP contribution >= 0.6 is 0 Å². The Kier molecular flexibility index (Phi) is 3.12. The molecule has 0 aliphatic carbocycles. The highest BCUT2D eigenvalue weighted by atomic mass is 14.9. The fourth-order valence-corrected chi connectivity index (χ4v) is 4.43. The second-order valence-corrected chi connectivity index (χ2v) is 7.67. The van der Waals surface area contributed by atoms with Crippen molar-refractivity contribution in [3.05, 3.63) is 83.9 Å². The number of benzene rings is 4. The highest BCUT2D eigenvalue weighted by molar-refractivity contribution is 6.17. The van der Waals surface area contributed by atoms with Crippen LogP contribution in [0.15, 0.2) is 77.8 Å². The first kappa shape index (κ1) is 15.3. The molecule has 1 nitrogen and oxygen atoms in total. The summed E-state index contributed by atoms with van der Waals surface area (Å²) in [5.74, 6) is 0. The summed E-state index contributed by atoms with van der Waals surface area (Å²) in [6.45, 7) is 6.58. The van der Waals surface area contributed by atoms with Gasteiger partial charge in [-0.05, 0) is 59.0 Å². The van der Waals surface area contributed by atoms with Gasteiger partial charge in [0.05, 0.1) is 5.54 Å². The maximum atomic E-state index is 5.12. The second-order valence-electron chi connectivity index (χ2n) is 7.67. The third-order valence-corrected chi connectivity index (χ3v) is 5.60. The summed E-state index contributed by atoms with van der Waals surface area (Å²) < 4.78 is 0. The molecule has 0 aromatic heterocycles. The van der Waals surface area contributed by atoms with Gasteiger partial charge >= 0.3 is 0 Å². The molecule has 0 N–H and O–H groups in total. The fraction of sp³-hybridized carbons (Fsp3) is 0.160. The maximum Gasteiger partial charge on any atom is 0.0810 e. The number of nitrogens with zero attached hydrogens (tertiary/aromatic N) is 1. The maximum absolute atomic E-state index is 5.12. The van der Waals surface area contributed by atoms with Gasteiger partial charge in [-0.1, -0.05) is 72.8 Å². The highest BCUT2D eigenvalue weighted by Gasteiger charge is 2.30. The monoisotopic (exact) mass is 335 g/mol. The van der Waals surface area contributed by atoms with Crippen molar-refractivity contribution < 1.29 is 0 Å². The van der Waals surface area contributed by atoms with Crippen LogP contribution < -0.4 is 0 Å². The van der Waals surface area contributed by atoms with E-state index >= 15 is 0 Å². The molecule has 1 heteroatoms. The van der Waals surface area contributed by atoms with Crippen molar-refractivity contribution in [2.45, 2.75) is 26.3 Å². The van der Waals surface area contributed by atoms with Crippen LogP contribution in [0.5, 0.6) is 0 Å². The van der Waals surface area contributed by atoms with Crippen molar-refractivity contribution in [3.63, 3.8) is 0 Å². The number of fused-ring (bicyclic) bond motifs is 7. The molecule has 0 amide bonds. The molecule has 0 spiro atoms. The molecule has 0 saturated carbocycles. The Morgan fingerprint density at radius 3 is 1.92 bits per heavy atom. The van der Waals surface area contributed by atoms with Gasteiger partial charge in [0.1, 0.15) is 0 Å². The highest BCUT2D eigenvalue weighted by Crippen LogP contribution is 2.45. The van der Waals surface area contributed by atoms with E-state index in [0.29, 0.717) is 0 Å².